The van der Waals surface area contributed by atoms with Crippen LogP contribution in [0.25, 0.3) is 0 Å². The van der Waals surface area contributed by atoms with Crippen LogP contribution < -0.4 is 11.2 Å². The van der Waals surface area contributed by atoms with Crippen LogP contribution in [0.3, 0.4) is 0 Å². The van der Waals surface area contributed by atoms with Crippen molar-refractivity contribution >= 4 is 55.4 Å². The van der Waals surface area contributed by atoms with Crippen LogP contribution in [0, 0.1) is 11.6 Å². The first-order valence-electron chi connectivity index (χ1n) is 3.85. The molecule has 16 heavy (non-hydrogen) atoms. The van der Waals surface area contributed by atoms with E-state index < -0.39 is 11.6 Å². The fourth-order valence-corrected chi connectivity index (χ4v) is 2.08. The molecule has 0 radical (unpaired) electrons. The lowest BCUT2D eigenvalue weighted by molar-refractivity contribution is 0.587. The summed E-state index contributed by atoms with van der Waals surface area (Å²) in [6, 6.07) is 1.00. The molecule has 1 rings (SSSR count). The SMILES string of the molecule is NC(=S)NN=Cc1c(F)cc(Br)c(F)c1Br. The van der Waals surface area contributed by atoms with Crippen molar-refractivity contribution in [1.82, 2.24) is 5.43 Å². The number of hydrogen-bond donors (Lipinski definition) is 2. The first-order valence-corrected chi connectivity index (χ1v) is 5.84. The highest BCUT2D eigenvalue weighted by Gasteiger charge is 2.13. The molecule has 8 heteroatoms. The van der Waals surface area contributed by atoms with Gasteiger partial charge in [0.2, 0.25) is 0 Å². The van der Waals surface area contributed by atoms with E-state index in [0.717, 1.165) is 12.3 Å². The molecule has 0 aliphatic carbocycles. The quantitative estimate of drug-likeness (QED) is 0.276. The standard InChI is InChI=1S/C8H5Br2F2N3S/c9-4-1-5(11)3(6(10)7(4)12)2-14-15-8(13)16/h1-2H,(H3,13,15,16). The summed E-state index contributed by atoms with van der Waals surface area (Å²) in [5.74, 6) is -1.24. The van der Waals surface area contributed by atoms with E-state index in [9.17, 15) is 8.78 Å². The molecule has 3 nitrogen and oxygen atoms in total. The molecular formula is C8H5Br2F2N3S. The molecule has 0 heterocycles. The van der Waals surface area contributed by atoms with Gasteiger partial charge >= 0.3 is 0 Å². The summed E-state index contributed by atoms with van der Waals surface area (Å²) >= 11 is 10.3. The van der Waals surface area contributed by atoms with Gasteiger partial charge in [-0.05, 0) is 50.1 Å². The average Bonchev–Trinajstić information content (AvgIpc) is 2.19. The third-order valence-electron chi connectivity index (χ3n) is 1.52. The smallest absolute Gasteiger partial charge is 0.184 e. The lowest BCUT2D eigenvalue weighted by Crippen LogP contribution is -2.24. The van der Waals surface area contributed by atoms with E-state index >= 15 is 0 Å². The predicted octanol–water partition coefficient (Wildman–Crippen LogP) is 2.66. The number of nitrogens with two attached hydrogens (primary N) is 1. The van der Waals surface area contributed by atoms with Crippen molar-refractivity contribution in [1.29, 1.82) is 0 Å². The maximum absolute atomic E-state index is 13.4. The Labute approximate surface area is 112 Å². The molecule has 0 unspecified atom stereocenters. The highest BCUT2D eigenvalue weighted by molar-refractivity contribution is 9.11. The predicted molar refractivity (Wildman–Crippen MR) is 69.3 cm³/mol. The van der Waals surface area contributed by atoms with Crippen molar-refractivity contribution < 1.29 is 8.78 Å². The zero-order chi connectivity index (χ0) is 12.3. The molecule has 0 aliphatic heterocycles. The number of benzene rings is 1. The number of nitrogens with zero attached hydrogens (tertiary/aromatic N) is 1. The highest BCUT2D eigenvalue weighted by atomic mass is 79.9. The topological polar surface area (TPSA) is 50.4 Å². The molecule has 1 aromatic carbocycles. The van der Waals surface area contributed by atoms with E-state index in [1.807, 2.05) is 0 Å². The third-order valence-corrected chi connectivity index (χ3v) is 2.96. The molecular weight excluding hydrogens is 368 g/mol. The molecule has 1 aromatic rings. The fraction of sp³-hybridized carbons (Fsp3) is 0. The van der Waals surface area contributed by atoms with Crippen LogP contribution in [-0.4, -0.2) is 11.3 Å². The summed E-state index contributed by atoms with van der Waals surface area (Å²) in [6.07, 6.45) is 1.08. The largest absolute Gasteiger partial charge is 0.375 e. The van der Waals surface area contributed by atoms with E-state index in [0.29, 0.717) is 0 Å². The third kappa shape index (κ3) is 3.19. The zero-order valence-electron chi connectivity index (χ0n) is 7.60. The minimum absolute atomic E-state index is 0.0244. The van der Waals surface area contributed by atoms with Crippen molar-refractivity contribution in [2.75, 3.05) is 0 Å². The van der Waals surface area contributed by atoms with E-state index in [2.05, 4.69) is 54.6 Å². The molecule has 0 bridgehead atoms. The van der Waals surface area contributed by atoms with Gasteiger partial charge in [-0.3, -0.25) is 5.43 Å². The summed E-state index contributed by atoms with van der Waals surface area (Å²) in [5.41, 5.74) is 7.31. The molecule has 3 N–H and O–H groups in total. The molecule has 0 aliphatic rings. The Morgan fingerprint density at radius 3 is 2.69 bits per heavy atom. The second-order valence-electron chi connectivity index (χ2n) is 2.62. The molecule has 0 amide bonds. The van der Waals surface area contributed by atoms with Crippen LogP contribution in [0.2, 0.25) is 0 Å². The van der Waals surface area contributed by atoms with Crippen LogP contribution in [0.4, 0.5) is 8.78 Å². The Bertz CT molecular complexity index is 465. The van der Waals surface area contributed by atoms with Gasteiger partial charge in [0.05, 0.1) is 15.2 Å². The van der Waals surface area contributed by atoms with Crippen molar-refractivity contribution in [2.24, 2.45) is 10.8 Å². The summed E-state index contributed by atoms with van der Waals surface area (Å²) in [4.78, 5) is 0. The Morgan fingerprint density at radius 2 is 2.12 bits per heavy atom. The van der Waals surface area contributed by atoms with Gasteiger partial charge in [0.1, 0.15) is 5.82 Å². The van der Waals surface area contributed by atoms with E-state index in [4.69, 9.17) is 5.73 Å². The summed E-state index contributed by atoms with van der Waals surface area (Å²) in [5, 5.41) is 3.48. The van der Waals surface area contributed by atoms with Gasteiger partial charge in [-0.2, -0.15) is 5.10 Å². The van der Waals surface area contributed by atoms with Gasteiger partial charge in [0, 0.05) is 5.56 Å². The van der Waals surface area contributed by atoms with Gasteiger partial charge in [-0.25, -0.2) is 8.78 Å². The van der Waals surface area contributed by atoms with Gasteiger partial charge in [-0.15, -0.1) is 0 Å². The van der Waals surface area contributed by atoms with Crippen LogP contribution in [0.5, 0.6) is 0 Å². The maximum Gasteiger partial charge on any atom is 0.184 e. The highest BCUT2D eigenvalue weighted by Crippen LogP contribution is 2.28. The van der Waals surface area contributed by atoms with Crippen LogP contribution >= 0.6 is 44.1 Å². The molecule has 0 aromatic heterocycles. The summed E-state index contributed by atoms with van der Waals surface area (Å²) in [6.45, 7) is 0. The van der Waals surface area contributed by atoms with Crippen LogP contribution in [-0.2, 0) is 0 Å². The minimum Gasteiger partial charge on any atom is -0.375 e. The van der Waals surface area contributed by atoms with Crippen molar-refractivity contribution in [3.63, 3.8) is 0 Å². The van der Waals surface area contributed by atoms with Crippen LogP contribution in [0.1, 0.15) is 5.56 Å². The van der Waals surface area contributed by atoms with Gasteiger partial charge in [0.15, 0.2) is 10.9 Å². The zero-order valence-corrected chi connectivity index (χ0v) is 11.6. The Balaban J connectivity index is 3.09. The number of rotatable bonds is 2. The molecule has 0 spiro atoms. The number of halogens is 4. The Hall–Kier alpha value is -0.600. The second kappa shape index (κ2) is 5.65. The fourth-order valence-electron chi connectivity index (χ4n) is 0.859. The second-order valence-corrected chi connectivity index (χ2v) is 4.70. The number of hydrogen-bond acceptors (Lipinski definition) is 2. The van der Waals surface area contributed by atoms with Crippen molar-refractivity contribution in [3.8, 4) is 0 Å². The average molecular weight is 373 g/mol. The minimum atomic E-state index is -0.631. The number of hydrazone groups is 1. The molecule has 86 valence electrons. The summed E-state index contributed by atoms with van der Waals surface area (Å²) < 4.78 is 26.8. The van der Waals surface area contributed by atoms with Crippen molar-refractivity contribution in [3.05, 3.63) is 32.2 Å². The number of thiocarbonyl (C=S) groups is 1. The number of nitrogens with one attached hydrogen (secondary N) is 1. The van der Waals surface area contributed by atoms with Crippen molar-refractivity contribution in [2.45, 2.75) is 0 Å². The first kappa shape index (κ1) is 13.5. The first-order chi connectivity index (χ1) is 7.43. The lowest BCUT2D eigenvalue weighted by Gasteiger charge is -2.04. The lowest BCUT2D eigenvalue weighted by atomic mass is 10.2. The maximum atomic E-state index is 13.4. The van der Waals surface area contributed by atoms with Gasteiger partial charge < -0.3 is 5.73 Å². The molecule has 0 atom stereocenters. The Morgan fingerprint density at radius 1 is 1.50 bits per heavy atom. The van der Waals surface area contributed by atoms with E-state index in [1.54, 1.807) is 0 Å². The van der Waals surface area contributed by atoms with Gasteiger partial charge in [0.25, 0.3) is 0 Å². The summed E-state index contributed by atoms with van der Waals surface area (Å²) in [7, 11) is 0. The van der Waals surface area contributed by atoms with Gasteiger partial charge in [-0.1, -0.05) is 0 Å². The molecule has 0 saturated heterocycles. The van der Waals surface area contributed by atoms with Crippen LogP contribution in [0.15, 0.2) is 20.1 Å². The monoisotopic (exact) mass is 371 g/mol. The van der Waals surface area contributed by atoms with E-state index in [1.165, 1.54) is 0 Å². The Kier molecular flexibility index (Phi) is 4.75. The van der Waals surface area contributed by atoms with E-state index in [-0.39, 0.29) is 19.6 Å². The molecule has 0 saturated carbocycles. The molecule has 0 fully saturated rings. The normalized spacial score (nSPS) is 10.8.